The van der Waals surface area contributed by atoms with E-state index >= 15 is 0 Å². The molecule has 8 heteroatoms. The minimum absolute atomic E-state index is 0.193. The second-order valence-corrected chi connectivity index (χ2v) is 7.79. The van der Waals surface area contributed by atoms with Crippen LogP contribution in [-0.4, -0.2) is 35.1 Å². The molecule has 6 nitrogen and oxygen atoms in total. The zero-order valence-electron chi connectivity index (χ0n) is 15.5. The van der Waals surface area contributed by atoms with Crippen LogP contribution in [0.5, 0.6) is 0 Å². The van der Waals surface area contributed by atoms with Crippen molar-refractivity contribution < 1.29 is 13.9 Å². The molecule has 0 bridgehead atoms. The molecule has 1 aromatic carbocycles. The van der Waals surface area contributed by atoms with Crippen molar-refractivity contribution in [2.24, 2.45) is 0 Å². The van der Waals surface area contributed by atoms with Crippen molar-refractivity contribution in [2.45, 2.75) is 32.4 Å². The summed E-state index contributed by atoms with van der Waals surface area (Å²) in [5.41, 5.74) is 1.55. The highest BCUT2D eigenvalue weighted by atomic mass is 32.1. The summed E-state index contributed by atoms with van der Waals surface area (Å²) in [6.07, 6.45) is 3.82. The fourth-order valence-electron chi connectivity index (χ4n) is 3.35. The number of aryl methyl sites for hydroxylation is 1. The molecule has 1 atom stereocenters. The number of halogens is 1. The molecule has 2 N–H and O–H groups in total. The van der Waals surface area contributed by atoms with Crippen LogP contribution >= 0.6 is 11.3 Å². The standard InChI is InChI=1S/C20H21FN4O2S/c1-12-16-18(22-10-15-6-3-7-27-15)24-11-25-20(16)28-17(12)19(26)23-9-13-4-2-5-14(21)8-13/h2,4-5,8,11,15H,3,6-7,9-10H2,1H3,(H,23,26)(H,22,24,25)/t15-/m1/s1. The van der Waals surface area contributed by atoms with Gasteiger partial charge in [0.2, 0.25) is 0 Å². The Kier molecular flexibility index (Phi) is 5.50. The monoisotopic (exact) mass is 400 g/mol. The Bertz CT molecular complexity index is 1000. The van der Waals surface area contributed by atoms with Gasteiger partial charge >= 0.3 is 0 Å². The van der Waals surface area contributed by atoms with Crippen molar-refractivity contribution in [1.82, 2.24) is 15.3 Å². The zero-order valence-corrected chi connectivity index (χ0v) is 16.3. The fourth-order valence-corrected chi connectivity index (χ4v) is 4.41. The van der Waals surface area contributed by atoms with Gasteiger partial charge in [0.1, 0.15) is 22.8 Å². The number of hydrogen-bond acceptors (Lipinski definition) is 6. The van der Waals surface area contributed by atoms with Crippen molar-refractivity contribution in [2.75, 3.05) is 18.5 Å². The molecule has 1 aliphatic heterocycles. The minimum Gasteiger partial charge on any atom is -0.376 e. The second kappa shape index (κ2) is 8.20. The SMILES string of the molecule is Cc1c(C(=O)NCc2cccc(F)c2)sc2ncnc(NC[C@H]3CCCO3)c12. The topological polar surface area (TPSA) is 76.1 Å². The quantitative estimate of drug-likeness (QED) is 0.660. The van der Waals surface area contributed by atoms with Gasteiger partial charge in [-0.05, 0) is 43.0 Å². The van der Waals surface area contributed by atoms with E-state index in [1.54, 1.807) is 12.1 Å². The summed E-state index contributed by atoms with van der Waals surface area (Å²) in [6.45, 7) is 3.65. The van der Waals surface area contributed by atoms with Gasteiger partial charge in [0.05, 0.1) is 16.4 Å². The number of thiophene rings is 1. The van der Waals surface area contributed by atoms with Gasteiger partial charge in [-0.3, -0.25) is 4.79 Å². The molecule has 2 aromatic heterocycles. The molecule has 1 aliphatic rings. The van der Waals surface area contributed by atoms with Gasteiger partial charge in [0, 0.05) is 19.7 Å². The lowest BCUT2D eigenvalue weighted by Crippen LogP contribution is -2.22. The number of fused-ring (bicyclic) bond motifs is 1. The van der Waals surface area contributed by atoms with Gasteiger partial charge in [0.15, 0.2) is 0 Å². The average molecular weight is 400 g/mol. The van der Waals surface area contributed by atoms with Crippen LogP contribution in [0.2, 0.25) is 0 Å². The van der Waals surface area contributed by atoms with E-state index in [2.05, 4.69) is 20.6 Å². The molecule has 3 heterocycles. The normalized spacial score (nSPS) is 16.4. The molecule has 3 aromatic rings. The molecular formula is C20H21FN4O2S. The third-order valence-electron chi connectivity index (χ3n) is 4.80. The predicted molar refractivity (Wildman–Crippen MR) is 107 cm³/mol. The lowest BCUT2D eigenvalue weighted by atomic mass is 10.1. The second-order valence-electron chi connectivity index (χ2n) is 6.79. The summed E-state index contributed by atoms with van der Waals surface area (Å²) in [5, 5.41) is 7.06. The lowest BCUT2D eigenvalue weighted by Gasteiger charge is -2.12. The number of amides is 1. The summed E-state index contributed by atoms with van der Waals surface area (Å²) in [6, 6.07) is 6.20. The molecule has 0 radical (unpaired) electrons. The number of hydrogen-bond donors (Lipinski definition) is 2. The molecule has 4 rings (SSSR count). The number of carbonyl (C=O) groups is 1. The third kappa shape index (κ3) is 3.98. The Morgan fingerprint density at radius 2 is 2.29 bits per heavy atom. The summed E-state index contributed by atoms with van der Waals surface area (Å²) in [4.78, 5) is 22.7. The molecule has 1 saturated heterocycles. The number of aromatic nitrogens is 2. The molecule has 0 spiro atoms. The van der Waals surface area contributed by atoms with Crippen LogP contribution in [0.15, 0.2) is 30.6 Å². The number of carbonyl (C=O) groups excluding carboxylic acids is 1. The van der Waals surface area contributed by atoms with Gasteiger partial charge in [-0.15, -0.1) is 11.3 Å². The van der Waals surface area contributed by atoms with Gasteiger partial charge in [-0.25, -0.2) is 14.4 Å². The van der Waals surface area contributed by atoms with E-state index in [9.17, 15) is 9.18 Å². The largest absolute Gasteiger partial charge is 0.376 e. The maximum absolute atomic E-state index is 13.3. The van der Waals surface area contributed by atoms with E-state index in [1.807, 2.05) is 6.92 Å². The van der Waals surface area contributed by atoms with Crippen LogP contribution < -0.4 is 10.6 Å². The number of benzene rings is 1. The maximum Gasteiger partial charge on any atom is 0.261 e. The first-order valence-electron chi connectivity index (χ1n) is 9.24. The summed E-state index contributed by atoms with van der Waals surface area (Å²) in [5.74, 6) is 0.204. The van der Waals surface area contributed by atoms with Gasteiger partial charge in [-0.1, -0.05) is 12.1 Å². The number of anilines is 1. The Balaban J connectivity index is 1.51. The molecule has 1 amide bonds. The molecule has 146 valence electrons. The first-order chi connectivity index (χ1) is 13.6. The molecule has 0 unspecified atom stereocenters. The smallest absolute Gasteiger partial charge is 0.261 e. The van der Waals surface area contributed by atoms with Crippen LogP contribution in [-0.2, 0) is 11.3 Å². The Labute approximate surface area is 166 Å². The number of rotatable bonds is 6. The molecule has 0 saturated carbocycles. The number of nitrogens with one attached hydrogen (secondary N) is 2. The maximum atomic E-state index is 13.3. The highest BCUT2D eigenvalue weighted by Crippen LogP contribution is 2.33. The molecule has 1 fully saturated rings. The van der Waals surface area contributed by atoms with E-state index in [-0.39, 0.29) is 24.4 Å². The Morgan fingerprint density at radius 1 is 1.39 bits per heavy atom. The van der Waals surface area contributed by atoms with Crippen LogP contribution in [0.25, 0.3) is 10.2 Å². The zero-order chi connectivity index (χ0) is 19.5. The van der Waals surface area contributed by atoms with Gasteiger partial charge < -0.3 is 15.4 Å². The van der Waals surface area contributed by atoms with Gasteiger partial charge in [-0.2, -0.15) is 0 Å². The van der Waals surface area contributed by atoms with Crippen molar-refractivity contribution in [3.05, 3.63) is 52.4 Å². The van der Waals surface area contributed by atoms with Crippen LogP contribution in [0.1, 0.15) is 33.6 Å². The average Bonchev–Trinajstić information content (AvgIpc) is 3.33. The Morgan fingerprint density at radius 3 is 3.07 bits per heavy atom. The van der Waals surface area contributed by atoms with Crippen molar-refractivity contribution in [3.63, 3.8) is 0 Å². The van der Waals surface area contributed by atoms with E-state index in [0.717, 1.165) is 41.0 Å². The Hall–Kier alpha value is -2.58. The first-order valence-corrected chi connectivity index (χ1v) is 10.1. The van der Waals surface area contributed by atoms with Gasteiger partial charge in [0.25, 0.3) is 5.91 Å². The van der Waals surface area contributed by atoms with E-state index in [1.165, 1.54) is 29.8 Å². The summed E-state index contributed by atoms with van der Waals surface area (Å²) in [7, 11) is 0. The highest BCUT2D eigenvalue weighted by Gasteiger charge is 2.21. The fraction of sp³-hybridized carbons (Fsp3) is 0.350. The van der Waals surface area contributed by atoms with Crippen LogP contribution in [0.3, 0.4) is 0 Å². The van der Waals surface area contributed by atoms with E-state index in [0.29, 0.717) is 17.0 Å². The van der Waals surface area contributed by atoms with E-state index in [4.69, 9.17) is 4.74 Å². The highest BCUT2D eigenvalue weighted by molar-refractivity contribution is 7.20. The van der Waals surface area contributed by atoms with Crippen LogP contribution in [0.4, 0.5) is 10.2 Å². The lowest BCUT2D eigenvalue weighted by molar-refractivity contribution is 0.0954. The molecule has 0 aliphatic carbocycles. The predicted octanol–water partition coefficient (Wildman–Crippen LogP) is 3.66. The summed E-state index contributed by atoms with van der Waals surface area (Å²) < 4.78 is 19.0. The number of ether oxygens (including phenoxy) is 1. The van der Waals surface area contributed by atoms with Crippen molar-refractivity contribution in [3.8, 4) is 0 Å². The van der Waals surface area contributed by atoms with Crippen molar-refractivity contribution in [1.29, 1.82) is 0 Å². The van der Waals surface area contributed by atoms with Crippen molar-refractivity contribution >= 4 is 33.3 Å². The minimum atomic E-state index is -0.318. The van der Waals surface area contributed by atoms with Crippen LogP contribution in [0, 0.1) is 12.7 Å². The first kappa shape index (κ1) is 18.8. The number of nitrogens with zero attached hydrogens (tertiary/aromatic N) is 2. The van der Waals surface area contributed by atoms with E-state index < -0.39 is 0 Å². The third-order valence-corrected chi connectivity index (χ3v) is 5.99. The molecule has 28 heavy (non-hydrogen) atoms. The molecular weight excluding hydrogens is 379 g/mol. The summed E-state index contributed by atoms with van der Waals surface area (Å²) >= 11 is 1.33.